The number of hydrogen-bond acceptors (Lipinski definition) is 3. The number of imidazole rings is 1. The molecule has 0 spiro atoms. The van der Waals surface area contributed by atoms with Gasteiger partial charge in [0.15, 0.2) is 5.95 Å². The van der Waals surface area contributed by atoms with Crippen LogP contribution in [0.4, 0.5) is 5.95 Å². The Labute approximate surface area is 106 Å². The summed E-state index contributed by atoms with van der Waals surface area (Å²) in [5.74, 6) is 1.03. The van der Waals surface area contributed by atoms with Crippen molar-refractivity contribution >= 4 is 33.5 Å². The molecule has 3 N–H and O–H groups in total. The molecule has 0 amide bonds. The van der Waals surface area contributed by atoms with Gasteiger partial charge in [-0.05, 0) is 34.1 Å². The van der Waals surface area contributed by atoms with Gasteiger partial charge in [0, 0.05) is 10.6 Å². The molecule has 4 nitrogen and oxygen atoms in total. The average molecular weight is 303 g/mol. The number of nitrogens with zero attached hydrogens (tertiary/aromatic N) is 1. The monoisotopic (exact) mass is 301 g/mol. The van der Waals surface area contributed by atoms with Gasteiger partial charge >= 0.3 is 0 Å². The fraction of sp³-hybridized carbons (Fsp3) is 0.100. The predicted octanol–water partition coefficient (Wildman–Crippen LogP) is 3.08. The number of hydrogen-bond donors (Lipinski definition) is 2. The third-order valence-electron chi connectivity index (χ3n) is 2.09. The lowest BCUT2D eigenvalue weighted by molar-refractivity contribution is 0.416. The Bertz CT molecular complexity index is 527. The largest absolute Gasteiger partial charge is 0.496 e. The quantitative estimate of drug-likeness (QED) is 0.896. The second-order valence-corrected chi connectivity index (χ2v) is 4.36. The maximum atomic E-state index is 5.94. The summed E-state index contributed by atoms with van der Waals surface area (Å²) in [5.41, 5.74) is 7.04. The third-order valence-corrected chi connectivity index (χ3v) is 2.90. The highest BCUT2D eigenvalue weighted by Gasteiger charge is 2.13. The molecule has 0 aliphatic rings. The maximum Gasteiger partial charge on any atom is 0.198 e. The Kier molecular flexibility index (Phi) is 3.07. The van der Waals surface area contributed by atoms with E-state index in [-0.39, 0.29) is 0 Å². The molecule has 0 saturated carbocycles. The number of nitrogen functional groups attached to an aromatic ring is 1. The number of aromatic amines is 1. The highest BCUT2D eigenvalue weighted by Crippen LogP contribution is 2.35. The number of nitrogens with one attached hydrogen (secondary N) is 1. The van der Waals surface area contributed by atoms with Crippen LogP contribution in [0.25, 0.3) is 11.3 Å². The number of benzene rings is 1. The van der Waals surface area contributed by atoms with Crippen molar-refractivity contribution in [2.24, 2.45) is 0 Å². The molecule has 2 aromatic rings. The fourth-order valence-corrected chi connectivity index (χ4v) is 2.09. The van der Waals surface area contributed by atoms with Gasteiger partial charge in [0.25, 0.3) is 0 Å². The lowest BCUT2D eigenvalue weighted by Crippen LogP contribution is -1.89. The van der Waals surface area contributed by atoms with Gasteiger partial charge in [0.2, 0.25) is 0 Å². The highest BCUT2D eigenvalue weighted by molar-refractivity contribution is 9.10. The Morgan fingerprint density at radius 3 is 2.81 bits per heavy atom. The summed E-state index contributed by atoms with van der Waals surface area (Å²) >= 11 is 9.29. The molecular formula is C10H9BrClN3O. The van der Waals surface area contributed by atoms with Gasteiger partial charge in [0.1, 0.15) is 16.0 Å². The third kappa shape index (κ3) is 2.01. The van der Waals surface area contributed by atoms with E-state index in [9.17, 15) is 0 Å². The van der Waals surface area contributed by atoms with Gasteiger partial charge in [-0.25, -0.2) is 4.98 Å². The lowest BCUT2D eigenvalue weighted by atomic mass is 10.1. The minimum absolute atomic E-state index is 0.337. The Morgan fingerprint density at radius 1 is 1.50 bits per heavy atom. The first-order chi connectivity index (χ1) is 7.61. The molecule has 84 valence electrons. The SMILES string of the molecule is COc1ccc(Cl)cc1-c1nc(N)[nH]c1Br. The minimum atomic E-state index is 0.337. The van der Waals surface area contributed by atoms with E-state index in [1.807, 2.05) is 0 Å². The number of anilines is 1. The zero-order valence-corrected chi connectivity index (χ0v) is 10.8. The van der Waals surface area contributed by atoms with Crippen molar-refractivity contribution in [3.8, 4) is 17.0 Å². The van der Waals surface area contributed by atoms with Gasteiger partial charge in [-0.3, -0.25) is 0 Å². The van der Waals surface area contributed by atoms with E-state index in [4.69, 9.17) is 22.1 Å². The Hall–Kier alpha value is -1.20. The predicted molar refractivity (Wildman–Crippen MR) is 67.7 cm³/mol. The zero-order chi connectivity index (χ0) is 11.7. The van der Waals surface area contributed by atoms with E-state index >= 15 is 0 Å². The van der Waals surface area contributed by atoms with Crippen LogP contribution in [0, 0.1) is 0 Å². The van der Waals surface area contributed by atoms with Crippen molar-refractivity contribution in [1.82, 2.24) is 9.97 Å². The van der Waals surface area contributed by atoms with Crippen molar-refractivity contribution in [1.29, 1.82) is 0 Å². The van der Waals surface area contributed by atoms with E-state index < -0.39 is 0 Å². The van der Waals surface area contributed by atoms with Crippen molar-refractivity contribution in [3.05, 3.63) is 27.8 Å². The molecule has 0 saturated heterocycles. The average Bonchev–Trinajstić information content (AvgIpc) is 2.57. The maximum absolute atomic E-state index is 5.94. The molecule has 0 radical (unpaired) electrons. The molecule has 16 heavy (non-hydrogen) atoms. The summed E-state index contributed by atoms with van der Waals surface area (Å²) in [5, 5.41) is 0.615. The first-order valence-corrected chi connectivity index (χ1v) is 5.64. The van der Waals surface area contributed by atoms with Crippen LogP contribution in [0.15, 0.2) is 22.8 Å². The van der Waals surface area contributed by atoms with Crippen LogP contribution in [-0.2, 0) is 0 Å². The molecule has 1 aromatic carbocycles. The van der Waals surface area contributed by atoms with E-state index in [1.165, 1.54) is 0 Å². The van der Waals surface area contributed by atoms with Gasteiger partial charge in [-0.15, -0.1) is 0 Å². The summed E-state index contributed by atoms with van der Waals surface area (Å²) in [6.45, 7) is 0. The molecule has 6 heteroatoms. The van der Waals surface area contributed by atoms with E-state index in [0.717, 1.165) is 5.56 Å². The van der Waals surface area contributed by atoms with Crippen molar-refractivity contribution in [3.63, 3.8) is 0 Å². The van der Waals surface area contributed by atoms with Crippen LogP contribution in [0.3, 0.4) is 0 Å². The van der Waals surface area contributed by atoms with E-state index in [2.05, 4.69) is 25.9 Å². The first-order valence-electron chi connectivity index (χ1n) is 4.46. The van der Waals surface area contributed by atoms with Crippen molar-refractivity contribution in [2.45, 2.75) is 0 Å². The fourth-order valence-electron chi connectivity index (χ4n) is 1.41. The standard InChI is InChI=1S/C10H9BrClN3O/c1-16-7-3-2-5(12)4-6(7)8-9(11)15-10(13)14-8/h2-4H,1H3,(H3,13,14,15). The summed E-state index contributed by atoms with van der Waals surface area (Å²) in [7, 11) is 1.59. The molecular weight excluding hydrogens is 293 g/mol. The number of ether oxygens (including phenoxy) is 1. The van der Waals surface area contributed by atoms with Crippen LogP contribution in [0.5, 0.6) is 5.75 Å². The number of methoxy groups -OCH3 is 1. The summed E-state index contributed by atoms with van der Waals surface area (Å²) in [6.07, 6.45) is 0. The van der Waals surface area contributed by atoms with Crippen LogP contribution >= 0.6 is 27.5 Å². The summed E-state index contributed by atoms with van der Waals surface area (Å²) < 4.78 is 5.94. The second kappa shape index (κ2) is 4.35. The Morgan fingerprint density at radius 2 is 2.25 bits per heavy atom. The normalized spacial score (nSPS) is 10.4. The van der Waals surface area contributed by atoms with Gasteiger partial charge < -0.3 is 15.5 Å². The molecule has 0 bridgehead atoms. The number of halogens is 2. The lowest BCUT2D eigenvalue weighted by Gasteiger charge is -2.06. The second-order valence-electron chi connectivity index (χ2n) is 3.13. The molecule has 1 heterocycles. The topological polar surface area (TPSA) is 63.9 Å². The van der Waals surface area contributed by atoms with E-state index in [0.29, 0.717) is 27.0 Å². The first kappa shape index (κ1) is 11.3. The van der Waals surface area contributed by atoms with Crippen LogP contribution < -0.4 is 10.5 Å². The zero-order valence-electron chi connectivity index (χ0n) is 8.42. The van der Waals surface area contributed by atoms with Crippen LogP contribution in [0.2, 0.25) is 5.02 Å². The van der Waals surface area contributed by atoms with Crippen LogP contribution in [-0.4, -0.2) is 17.1 Å². The number of H-pyrrole nitrogens is 1. The minimum Gasteiger partial charge on any atom is -0.496 e. The van der Waals surface area contributed by atoms with Gasteiger partial charge in [-0.2, -0.15) is 0 Å². The van der Waals surface area contributed by atoms with Crippen molar-refractivity contribution in [2.75, 3.05) is 12.8 Å². The Balaban J connectivity index is 2.62. The smallest absolute Gasteiger partial charge is 0.198 e. The summed E-state index contributed by atoms with van der Waals surface area (Å²) in [4.78, 5) is 7.03. The number of nitrogens with two attached hydrogens (primary N) is 1. The molecule has 0 unspecified atom stereocenters. The summed E-state index contributed by atoms with van der Waals surface area (Å²) in [6, 6.07) is 5.32. The molecule has 0 aliphatic carbocycles. The highest BCUT2D eigenvalue weighted by atomic mass is 79.9. The molecule has 0 fully saturated rings. The van der Waals surface area contributed by atoms with Gasteiger partial charge in [0.05, 0.1) is 7.11 Å². The van der Waals surface area contributed by atoms with Crippen molar-refractivity contribution < 1.29 is 4.74 Å². The number of aromatic nitrogens is 2. The molecule has 1 aromatic heterocycles. The molecule has 2 rings (SSSR count). The number of rotatable bonds is 2. The van der Waals surface area contributed by atoms with Crippen LogP contribution in [0.1, 0.15) is 0 Å². The van der Waals surface area contributed by atoms with E-state index in [1.54, 1.807) is 25.3 Å². The van der Waals surface area contributed by atoms with Gasteiger partial charge in [-0.1, -0.05) is 11.6 Å². The molecule has 0 aliphatic heterocycles. The molecule has 0 atom stereocenters.